The van der Waals surface area contributed by atoms with Crippen LogP contribution in [-0.2, 0) is 0 Å². The Morgan fingerprint density at radius 2 is 1.72 bits per heavy atom. The molecule has 0 unspecified atom stereocenters. The predicted octanol–water partition coefficient (Wildman–Crippen LogP) is 5.18. The molecule has 1 aromatic heterocycles. The first-order chi connectivity index (χ1) is 13.8. The number of para-hydroxylation sites is 2. The molecule has 0 fully saturated rings. The van der Waals surface area contributed by atoms with Crippen LogP contribution in [0.2, 0.25) is 0 Å². The van der Waals surface area contributed by atoms with E-state index in [0.29, 0.717) is 23.1 Å². The van der Waals surface area contributed by atoms with Gasteiger partial charge in [-0.25, -0.2) is 9.97 Å². The van der Waals surface area contributed by atoms with Crippen molar-refractivity contribution in [2.45, 2.75) is 40.7 Å². The summed E-state index contributed by atoms with van der Waals surface area (Å²) in [6.07, 6.45) is 0.00268. The zero-order chi connectivity index (χ0) is 21.0. The number of nitrogens with zero attached hydrogens (tertiary/aromatic N) is 2. The molecule has 6 heteroatoms. The van der Waals surface area contributed by atoms with Gasteiger partial charge in [-0.05, 0) is 58.4 Å². The molecule has 0 aliphatic heterocycles. The van der Waals surface area contributed by atoms with Crippen LogP contribution in [0.1, 0.15) is 41.3 Å². The van der Waals surface area contributed by atoms with Crippen molar-refractivity contribution in [1.82, 2.24) is 9.97 Å². The fourth-order valence-corrected chi connectivity index (χ4v) is 2.95. The van der Waals surface area contributed by atoms with E-state index in [1.165, 1.54) is 5.56 Å². The van der Waals surface area contributed by atoms with Crippen LogP contribution in [0.5, 0.6) is 5.75 Å². The molecule has 0 radical (unpaired) electrons. The average molecular weight is 390 g/mol. The largest absolute Gasteiger partial charge is 0.489 e. The van der Waals surface area contributed by atoms with Gasteiger partial charge in [-0.15, -0.1) is 0 Å². The van der Waals surface area contributed by atoms with E-state index in [2.05, 4.69) is 33.6 Å². The van der Waals surface area contributed by atoms with Crippen molar-refractivity contribution in [1.29, 1.82) is 0 Å². The fraction of sp³-hybridized carbons (Fsp3) is 0.261. The highest BCUT2D eigenvalue weighted by Gasteiger charge is 2.14. The maximum atomic E-state index is 12.8. The number of anilines is 3. The summed E-state index contributed by atoms with van der Waals surface area (Å²) in [7, 11) is 0. The summed E-state index contributed by atoms with van der Waals surface area (Å²) in [6.45, 7) is 9.73. The molecule has 2 N–H and O–H groups in total. The van der Waals surface area contributed by atoms with Crippen LogP contribution in [0.25, 0.3) is 0 Å². The summed E-state index contributed by atoms with van der Waals surface area (Å²) in [5.74, 6) is 1.38. The third-order valence-corrected chi connectivity index (χ3v) is 4.21. The molecule has 150 valence electrons. The third kappa shape index (κ3) is 5.31. The molecule has 0 atom stereocenters. The fourth-order valence-electron chi connectivity index (χ4n) is 2.95. The maximum Gasteiger partial charge on any atom is 0.274 e. The molecule has 0 bridgehead atoms. The Hall–Kier alpha value is -3.41. The zero-order valence-corrected chi connectivity index (χ0v) is 17.4. The molecule has 1 amide bonds. The molecule has 0 saturated heterocycles. The number of aryl methyl sites for hydroxylation is 3. The van der Waals surface area contributed by atoms with E-state index in [1.807, 2.05) is 51.1 Å². The minimum Gasteiger partial charge on any atom is -0.489 e. The highest BCUT2D eigenvalue weighted by molar-refractivity contribution is 6.04. The van der Waals surface area contributed by atoms with Crippen LogP contribution in [0.15, 0.2) is 48.5 Å². The van der Waals surface area contributed by atoms with E-state index in [0.717, 1.165) is 11.3 Å². The minimum absolute atomic E-state index is 0.00268. The molecule has 2 aromatic carbocycles. The Bertz CT molecular complexity index is 1030. The van der Waals surface area contributed by atoms with Crippen LogP contribution < -0.4 is 15.4 Å². The lowest BCUT2D eigenvalue weighted by molar-refractivity contribution is 0.102. The Morgan fingerprint density at radius 1 is 0.966 bits per heavy atom. The molecule has 29 heavy (non-hydrogen) atoms. The first kappa shape index (κ1) is 20.3. The number of ether oxygens (including phenoxy) is 1. The lowest BCUT2D eigenvalue weighted by atomic mass is 10.1. The Labute approximate surface area is 171 Å². The van der Waals surface area contributed by atoms with Crippen LogP contribution in [0.4, 0.5) is 17.2 Å². The van der Waals surface area contributed by atoms with E-state index >= 15 is 0 Å². The van der Waals surface area contributed by atoms with Crippen LogP contribution in [-0.4, -0.2) is 22.0 Å². The third-order valence-electron chi connectivity index (χ3n) is 4.21. The maximum absolute atomic E-state index is 12.8. The van der Waals surface area contributed by atoms with E-state index < -0.39 is 0 Å². The summed E-state index contributed by atoms with van der Waals surface area (Å²) >= 11 is 0. The summed E-state index contributed by atoms with van der Waals surface area (Å²) in [5, 5.41) is 6.17. The van der Waals surface area contributed by atoms with Gasteiger partial charge in [0, 0.05) is 11.8 Å². The van der Waals surface area contributed by atoms with Gasteiger partial charge in [0.05, 0.1) is 11.8 Å². The number of hydrogen-bond donors (Lipinski definition) is 2. The summed E-state index contributed by atoms with van der Waals surface area (Å²) < 4.78 is 5.77. The first-order valence-corrected chi connectivity index (χ1v) is 9.59. The summed E-state index contributed by atoms with van der Waals surface area (Å²) in [6, 6.07) is 15.1. The van der Waals surface area contributed by atoms with Crippen molar-refractivity contribution < 1.29 is 9.53 Å². The molecule has 3 rings (SSSR count). The van der Waals surface area contributed by atoms with Crippen molar-refractivity contribution in [3.8, 4) is 5.75 Å². The molecule has 0 spiro atoms. The van der Waals surface area contributed by atoms with Crippen LogP contribution >= 0.6 is 0 Å². The first-order valence-electron chi connectivity index (χ1n) is 9.59. The molecule has 1 heterocycles. The van der Waals surface area contributed by atoms with Gasteiger partial charge in [-0.1, -0.05) is 29.8 Å². The molecule has 3 aromatic rings. The number of aromatic nitrogens is 2. The molecular formula is C23H26N4O2. The number of hydrogen-bond acceptors (Lipinski definition) is 5. The molecule has 0 saturated carbocycles. The quantitative estimate of drug-likeness (QED) is 0.606. The number of carbonyl (C=O) groups excluding carboxylic acids is 1. The van der Waals surface area contributed by atoms with Gasteiger partial charge in [0.15, 0.2) is 0 Å². The lowest BCUT2D eigenvalue weighted by Gasteiger charge is -2.15. The predicted molar refractivity (Wildman–Crippen MR) is 116 cm³/mol. The van der Waals surface area contributed by atoms with Gasteiger partial charge in [-0.2, -0.15) is 0 Å². The number of nitrogens with one attached hydrogen (secondary N) is 2. The van der Waals surface area contributed by atoms with Crippen molar-refractivity contribution >= 4 is 23.1 Å². The summed E-state index contributed by atoms with van der Waals surface area (Å²) in [4.78, 5) is 21.5. The highest BCUT2D eigenvalue weighted by atomic mass is 16.5. The van der Waals surface area contributed by atoms with E-state index in [-0.39, 0.29) is 17.7 Å². The minimum atomic E-state index is -0.320. The second-order valence-corrected chi connectivity index (χ2v) is 7.25. The second kappa shape index (κ2) is 8.73. The SMILES string of the molecule is Cc1ccc(Nc2cc(C(=O)Nc3ccccc3OC(C)C)nc(C)n2)c(C)c1. The van der Waals surface area contributed by atoms with Gasteiger partial charge >= 0.3 is 0 Å². The highest BCUT2D eigenvalue weighted by Crippen LogP contribution is 2.26. The molecular weight excluding hydrogens is 364 g/mol. The van der Waals surface area contributed by atoms with Gasteiger partial charge in [0.2, 0.25) is 0 Å². The van der Waals surface area contributed by atoms with Gasteiger partial charge in [-0.3, -0.25) is 4.79 Å². The van der Waals surface area contributed by atoms with E-state index in [1.54, 1.807) is 19.1 Å². The van der Waals surface area contributed by atoms with Gasteiger partial charge in [0.25, 0.3) is 5.91 Å². The number of benzene rings is 2. The Kier molecular flexibility index (Phi) is 6.12. The Morgan fingerprint density at radius 3 is 2.45 bits per heavy atom. The lowest BCUT2D eigenvalue weighted by Crippen LogP contribution is -2.17. The van der Waals surface area contributed by atoms with Crippen LogP contribution in [0.3, 0.4) is 0 Å². The average Bonchev–Trinajstić information content (AvgIpc) is 2.65. The number of carbonyl (C=O) groups is 1. The zero-order valence-electron chi connectivity index (χ0n) is 17.4. The van der Waals surface area contributed by atoms with Crippen molar-refractivity contribution in [2.75, 3.05) is 10.6 Å². The van der Waals surface area contributed by atoms with Crippen molar-refractivity contribution in [3.05, 3.63) is 71.2 Å². The topological polar surface area (TPSA) is 76.1 Å². The van der Waals surface area contributed by atoms with E-state index in [9.17, 15) is 4.79 Å². The summed E-state index contributed by atoms with van der Waals surface area (Å²) in [5.41, 5.74) is 4.12. The standard InChI is InChI=1S/C23H26N4O2/c1-14(2)29-21-9-7-6-8-19(21)27-23(28)20-13-22(25-17(5)24-20)26-18-11-10-15(3)12-16(18)4/h6-14H,1-5H3,(H,27,28)(H,24,25,26). The second-order valence-electron chi connectivity index (χ2n) is 7.25. The van der Waals surface area contributed by atoms with Gasteiger partial charge < -0.3 is 15.4 Å². The smallest absolute Gasteiger partial charge is 0.274 e. The van der Waals surface area contributed by atoms with E-state index in [4.69, 9.17) is 4.74 Å². The van der Waals surface area contributed by atoms with Gasteiger partial charge in [0.1, 0.15) is 23.1 Å². The molecule has 0 aliphatic carbocycles. The molecule has 6 nitrogen and oxygen atoms in total. The number of rotatable bonds is 6. The van der Waals surface area contributed by atoms with Crippen molar-refractivity contribution in [3.63, 3.8) is 0 Å². The number of amides is 1. The van der Waals surface area contributed by atoms with Crippen molar-refractivity contribution in [2.24, 2.45) is 0 Å². The monoisotopic (exact) mass is 390 g/mol. The molecule has 0 aliphatic rings. The Balaban J connectivity index is 1.83. The van der Waals surface area contributed by atoms with Crippen LogP contribution in [0, 0.1) is 20.8 Å². The normalized spacial score (nSPS) is 10.7.